The van der Waals surface area contributed by atoms with E-state index in [1.54, 1.807) is 17.6 Å². The highest BCUT2D eigenvalue weighted by atomic mass is 32.1. The Hall–Kier alpha value is -1.13. The molecule has 0 unspecified atom stereocenters. The lowest BCUT2D eigenvalue weighted by Gasteiger charge is -1.89. The summed E-state index contributed by atoms with van der Waals surface area (Å²) in [6.07, 6.45) is 2.91. The van der Waals surface area contributed by atoms with Gasteiger partial charge in [0.2, 0.25) is 0 Å². The van der Waals surface area contributed by atoms with Gasteiger partial charge >= 0.3 is 0 Å². The van der Waals surface area contributed by atoms with Crippen LogP contribution in [0.1, 0.15) is 16.5 Å². The van der Waals surface area contributed by atoms with Gasteiger partial charge in [-0.2, -0.15) is 0 Å². The first-order chi connectivity index (χ1) is 6.88. The standard InChI is InChI=1S/C10H11NO2S/c12-4-3-8-7-13-10(11-8)6-9-2-1-5-14-9/h1-2,5,7,12H,3-4,6H2. The second-order valence-electron chi connectivity index (χ2n) is 2.96. The van der Waals surface area contributed by atoms with Crippen LogP contribution < -0.4 is 0 Å². The van der Waals surface area contributed by atoms with Crippen molar-refractivity contribution < 1.29 is 9.52 Å². The molecule has 0 bridgehead atoms. The molecule has 1 N–H and O–H groups in total. The van der Waals surface area contributed by atoms with Crippen molar-refractivity contribution in [3.05, 3.63) is 40.2 Å². The molecule has 2 aromatic rings. The van der Waals surface area contributed by atoms with E-state index >= 15 is 0 Å². The maximum absolute atomic E-state index is 8.71. The third kappa shape index (κ3) is 2.21. The molecule has 14 heavy (non-hydrogen) atoms. The first-order valence-electron chi connectivity index (χ1n) is 4.45. The normalized spacial score (nSPS) is 10.6. The van der Waals surface area contributed by atoms with Crippen LogP contribution in [-0.4, -0.2) is 16.7 Å². The van der Waals surface area contributed by atoms with Gasteiger partial charge in [0.1, 0.15) is 6.26 Å². The Balaban J connectivity index is 2.03. The molecular weight excluding hydrogens is 198 g/mol. The fraction of sp³-hybridized carbons (Fsp3) is 0.300. The van der Waals surface area contributed by atoms with E-state index in [9.17, 15) is 0 Å². The summed E-state index contributed by atoms with van der Waals surface area (Å²) in [7, 11) is 0. The van der Waals surface area contributed by atoms with Gasteiger partial charge in [-0.05, 0) is 11.4 Å². The van der Waals surface area contributed by atoms with E-state index in [2.05, 4.69) is 11.1 Å². The number of aromatic nitrogens is 1. The van der Waals surface area contributed by atoms with Crippen molar-refractivity contribution in [3.8, 4) is 0 Å². The lowest BCUT2D eigenvalue weighted by Crippen LogP contribution is -1.91. The summed E-state index contributed by atoms with van der Waals surface area (Å²) in [6, 6.07) is 4.07. The molecule has 0 aliphatic heterocycles. The predicted molar refractivity (Wildman–Crippen MR) is 54.4 cm³/mol. The van der Waals surface area contributed by atoms with Crippen LogP contribution in [0.4, 0.5) is 0 Å². The molecule has 0 radical (unpaired) electrons. The van der Waals surface area contributed by atoms with Crippen LogP contribution in [-0.2, 0) is 12.8 Å². The number of hydrogen-bond donors (Lipinski definition) is 1. The van der Waals surface area contributed by atoms with Gasteiger partial charge in [0.25, 0.3) is 0 Å². The Labute approximate surface area is 86.0 Å². The van der Waals surface area contributed by atoms with Gasteiger partial charge < -0.3 is 9.52 Å². The van der Waals surface area contributed by atoms with Gasteiger partial charge in [-0.3, -0.25) is 0 Å². The summed E-state index contributed by atoms with van der Waals surface area (Å²) < 4.78 is 5.27. The molecule has 0 aliphatic rings. The largest absolute Gasteiger partial charge is 0.448 e. The Morgan fingerprint density at radius 2 is 2.43 bits per heavy atom. The number of aliphatic hydroxyl groups is 1. The zero-order chi connectivity index (χ0) is 9.80. The first-order valence-corrected chi connectivity index (χ1v) is 5.33. The lowest BCUT2D eigenvalue weighted by atomic mass is 10.3. The molecule has 0 atom stereocenters. The van der Waals surface area contributed by atoms with Crippen LogP contribution in [0, 0.1) is 0 Å². The van der Waals surface area contributed by atoms with Crippen LogP contribution in [0.15, 0.2) is 28.2 Å². The Kier molecular flexibility index (Phi) is 2.96. The van der Waals surface area contributed by atoms with E-state index in [-0.39, 0.29) is 6.61 Å². The topological polar surface area (TPSA) is 46.3 Å². The van der Waals surface area contributed by atoms with Gasteiger partial charge in [-0.1, -0.05) is 6.07 Å². The monoisotopic (exact) mass is 209 g/mol. The maximum Gasteiger partial charge on any atom is 0.199 e. The fourth-order valence-electron chi connectivity index (χ4n) is 1.22. The SMILES string of the molecule is OCCc1coc(Cc2cccs2)n1. The van der Waals surface area contributed by atoms with Crippen molar-refractivity contribution in [2.45, 2.75) is 12.8 Å². The van der Waals surface area contributed by atoms with Gasteiger partial charge in [0.05, 0.1) is 12.1 Å². The summed E-state index contributed by atoms with van der Waals surface area (Å²) >= 11 is 1.69. The summed E-state index contributed by atoms with van der Waals surface area (Å²) in [5.74, 6) is 0.718. The van der Waals surface area contributed by atoms with E-state index in [4.69, 9.17) is 9.52 Å². The van der Waals surface area contributed by atoms with Crippen LogP contribution in [0.2, 0.25) is 0 Å². The second kappa shape index (κ2) is 4.39. The quantitative estimate of drug-likeness (QED) is 0.836. The van der Waals surface area contributed by atoms with E-state index in [0.29, 0.717) is 6.42 Å². The molecule has 2 heterocycles. The number of hydrogen-bond acceptors (Lipinski definition) is 4. The molecule has 0 aromatic carbocycles. The van der Waals surface area contributed by atoms with Crippen molar-refractivity contribution in [1.82, 2.24) is 4.98 Å². The molecule has 0 amide bonds. The Bertz CT molecular complexity index is 380. The van der Waals surface area contributed by atoms with Crippen molar-refractivity contribution in [2.24, 2.45) is 0 Å². The number of nitrogens with zero attached hydrogens (tertiary/aromatic N) is 1. The van der Waals surface area contributed by atoms with E-state index in [1.165, 1.54) is 4.88 Å². The molecule has 74 valence electrons. The van der Waals surface area contributed by atoms with Crippen LogP contribution in [0.3, 0.4) is 0 Å². The zero-order valence-electron chi connectivity index (χ0n) is 7.64. The van der Waals surface area contributed by atoms with Crippen molar-refractivity contribution in [1.29, 1.82) is 0 Å². The minimum Gasteiger partial charge on any atom is -0.448 e. The molecule has 0 saturated carbocycles. The summed E-state index contributed by atoms with van der Waals surface area (Å²) in [4.78, 5) is 5.49. The third-order valence-electron chi connectivity index (χ3n) is 1.87. The van der Waals surface area contributed by atoms with E-state index in [1.807, 2.05) is 11.4 Å². The molecule has 0 aliphatic carbocycles. The second-order valence-corrected chi connectivity index (χ2v) is 3.99. The average Bonchev–Trinajstić information content (AvgIpc) is 2.79. The molecule has 4 heteroatoms. The van der Waals surface area contributed by atoms with Gasteiger partial charge in [-0.25, -0.2) is 4.98 Å². The summed E-state index contributed by atoms with van der Waals surface area (Å²) in [6.45, 7) is 0.116. The van der Waals surface area contributed by atoms with Crippen molar-refractivity contribution in [2.75, 3.05) is 6.61 Å². The summed E-state index contributed by atoms with van der Waals surface area (Å²) in [5.41, 5.74) is 0.819. The minimum atomic E-state index is 0.116. The third-order valence-corrected chi connectivity index (χ3v) is 2.75. The van der Waals surface area contributed by atoms with Crippen LogP contribution >= 0.6 is 11.3 Å². The molecule has 0 spiro atoms. The number of rotatable bonds is 4. The van der Waals surface area contributed by atoms with Crippen LogP contribution in [0.5, 0.6) is 0 Å². The Morgan fingerprint density at radius 1 is 1.50 bits per heavy atom. The highest BCUT2D eigenvalue weighted by Crippen LogP contribution is 2.14. The summed E-state index contributed by atoms with van der Waals surface area (Å²) in [5, 5.41) is 10.7. The van der Waals surface area contributed by atoms with E-state index in [0.717, 1.165) is 18.0 Å². The molecule has 2 aromatic heterocycles. The smallest absolute Gasteiger partial charge is 0.199 e. The molecule has 0 saturated heterocycles. The lowest BCUT2D eigenvalue weighted by molar-refractivity contribution is 0.298. The fourth-order valence-corrected chi connectivity index (χ4v) is 1.92. The van der Waals surface area contributed by atoms with Gasteiger partial charge in [0.15, 0.2) is 5.89 Å². The van der Waals surface area contributed by atoms with Gasteiger partial charge in [0, 0.05) is 17.9 Å². The highest BCUT2D eigenvalue weighted by molar-refractivity contribution is 7.09. The maximum atomic E-state index is 8.71. The van der Waals surface area contributed by atoms with Gasteiger partial charge in [-0.15, -0.1) is 11.3 Å². The molecule has 0 fully saturated rings. The minimum absolute atomic E-state index is 0.116. The Morgan fingerprint density at radius 3 is 3.14 bits per heavy atom. The van der Waals surface area contributed by atoms with Crippen molar-refractivity contribution >= 4 is 11.3 Å². The highest BCUT2D eigenvalue weighted by Gasteiger charge is 2.04. The average molecular weight is 209 g/mol. The predicted octanol–water partition coefficient (Wildman–Crippen LogP) is 1.86. The number of aliphatic hydroxyl groups excluding tert-OH is 1. The van der Waals surface area contributed by atoms with Crippen LogP contribution in [0.25, 0.3) is 0 Å². The zero-order valence-corrected chi connectivity index (χ0v) is 8.46. The number of oxazole rings is 1. The molecule has 3 nitrogen and oxygen atoms in total. The first kappa shape index (κ1) is 9.43. The molecular formula is C10H11NO2S. The van der Waals surface area contributed by atoms with Crippen molar-refractivity contribution in [3.63, 3.8) is 0 Å². The molecule has 2 rings (SSSR count). The van der Waals surface area contributed by atoms with E-state index < -0.39 is 0 Å². The number of thiophene rings is 1.